The molecule has 160 valence electrons. The van der Waals surface area contributed by atoms with Crippen molar-refractivity contribution >= 4 is 5.97 Å². The van der Waals surface area contributed by atoms with Gasteiger partial charge in [-0.2, -0.15) is 0 Å². The van der Waals surface area contributed by atoms with Crippen LogP contribution in [0.1, 0.15) is 13.3 Å². The Morgan fingerprint density at radius 1 is 1.14 bits per heavy atom. The van der Waals surface area contributed by atoms with Crippen molar-refractivity contribution < 1.29 is 54.0 Å². The maximum atomic E-state index is 12.1. The highest BCUT2D eigenvalue weighted by molar-refractivity contribution is 5.88. The van der Waals surface area contributed by atoms with Crippen molar-refractivity contribution in [1.29, 1.82) is 0 Å². The number of hydrogen-bond donors (Lipinski definition) is 5. The van der Waals surface area contributed by atoms with E-state index in [1.807, 2.05) is 0 Å². The monoisotopic (exact) mass is 406 g/mol. The molecule has 0 aliphatic carbocycles. The molecule has 3 rings (SSSR count). The molecule has 3 aliphatic rings. The first kappa shape index (κ1) is 21.4. The van der Waals surface area contributed by atoms with E-state index in [1.54, 1.807) is 6.92 Å². The smallest absolute Gasteiger partial charge is 0.337 e. The fourth-order valence-corrected chi connectivity index (χ4v) is 3.91. The van der Waals surface area contributed by atoms with Crippen molar-refractivity contribution in [2.45, 2.75) is 62.7 Å². The zero-order valence-electron chi connectivity index (χ0n) is 15.5. The lowest BCUT2D eigenvalue weighted by atomic mass is 9.77. The van der Waals surface area contributed by atoms with Gasteiger partial charge in [-0.25, -0.2) is 4.79 Å². The highest BCUT2D eigenvalue weighted by atomic mass is 16.8. The summed E-state index contributed by atoms with van der Waals surface area (Å²) < 4.78 is 26.8. The Morgan fingerprint density at radius 3 is 2.50 bits per heavy atom. The summed E-state index contributed by atoms with van der Waals surface area (Å²) in [6, 6.07) is 0. The summed E-state index contributed by atoms with van der Waals surface area (Å²) in [5.41, 5.74) is 0.218. The third-order valence-electron chi connectivity index (χ3n) is 5.41. The number of aliphatic hydroxyl groups is 5. The zero-order valence-corrected chi connectivity index (χ0v) is 15.5. The summed E-state index contributed by atoms with van der Waals surface area (Å²) >= 11 is 0. The second-order valence-corrected chi connectivity index (χ2v) is 7.12. The van der Waals surface area contributed by atoms with Crippen LogP contribution in [0, 0.1) is 11.8 Å². The van der Waals surface area contributed by atoms with Crippen molar-refractivity contribution in [3.8, 4) is 0 Å². The average Bonchev–Trinajstić information content (AvgIpc) is 2.67. The molecule has 0 radical (unpaired) electrons. The zero-order chi connectivity index (χ0) is 20.6. The topological polar surface area (TPSA) is 164 Å². The molecule has 28 heavy (non-hydrogen) atoms. The van der Waals surface area contributed by atoms with Gasteiger partial charge in [0.1, 0.15) is 24.4 Å². The molecule has 0 unspecified atom stereocenters. The molecule has 0 spiro atoms. The molecular weight excluding hydrogens is 380 g/mol. The standard InChI is InChI=1S/C17H26O11/c1-6-11-7(3-10(19)26-6)8(15(23)24-2)5-25-16(11)28-17-14(22)13(21)12(20)9(4-18)27-17/h5-7,9-14,16-22H,3-4H2,1-2H3/t6-,7+,9-,10-,11+,12-,13+,14-,16-,17+/m0/s1. The number of fused-ring (bicyclic) bond motifs is 1. The molecule has 11 heteroatoms. The number of aliphatic hydroxyl groups excluding tert-OH is 5. The normalized spacial score (nSPS) is 46.2. The molecule has 2 saturated heterocycles. The van der Waals surface area contributed by atoms with E-state index in [9.17, 15) is 30.3 Å². The Labute approximate surface area is 161 Å². The summed E-state index contributed by atoms with van der Waals surface area (Å²) in [6.07, 6.45) is -8.71. The molecule has 0 aromatic heterocycles. The maximum Gasteiger partial charge on any atom is 0.337 e. The first-order chi connectivity index (χ1) is 13.3. The Balaban J connectivity index is 1.81. The Bertz CT molecular complexity index is 594. The van der Waals surface area contributed by atoms with Crippen LogP contribution in [0.4, 0.5) is 0 Å². The van der Waals surface area contributed by atoms with E-state index in [4.69, 9.17) is 23.7 Å². The van der Waals surface area contributed by atoms with Gasteiger partial charge in [0.15, 0.2) is 12.6 Å². The van der Waals surface area contributed by atoms with Gasteiger partial charge < -0.3 is 49.2 Å². The molecule has 11 nitrogen and oxygen atoms in total. The van der Waals surface area contributed by atoms with Crippen LogP contribution in [-0.4, -0.2) is 94.6 Å². The van der Waals surface area contributed by atoms with Gasteiger partial charge in [-0.05, 0) is 6.92 Å². The Kier molecular flexibility index (Phi) is 6.57. The van der Waals surface area contributed by atoms with Crippen LogP contribution in [-0.2, 0) is 28.5 Å². The molecule has 3 heterocycles. The molecule has 0 aromatic carbocycles. The lowest BCUT2D eigenvalue weighted by molar-refractivity contribution is -0.352. The summed E-state index contributed by atoms with van der Waals surface area (Å²) in [4.78, 5) is 12.1. The number of hydrogen-bond acceptors (Lipinski definition) is 11. The van der Waals surface area contributed by atoms with Gasteiger partial charge in [0.2, 0.25) is 6.29 Å². The van der Waals surface area contributed by atoms with Crippen LogP contribution in [0.3, 0.4) is 0 Å². The van der Waals surface area contributed by atoms with Crippen molar-refractivity contribution in [2.75, 3.05) is 13.7 Å². The number of carbonyl (C=O) groups excluding carboxylic acids is 1. The van der Waals surface area contributed by atoms with Gasteiger partial charge in [-0.3, -0.25) is 0 Å². The van der Waals surface area contributed by atoms with Crippen molar-refractivity contribution in [3.63, 3.8) is 0 Å². The van der Waals surface area contributed by atoms with Gasteiger partial charge in [0, 0.05) is 12.3 Å². The van der Waals surface area contributed by atoms with Gasteiger partial charge >= 0.3 is 5.97 Å². The largest absolute Gasteiger partial charge is 0.471 e. The van der Waals surface area contributed by atoms with Crippen LogP contribution in [0.2, 0.25) is 0 Å². The molecule has 0 aromatic rings. The van der Waals surface area contributed by atoms with Crippen molar-refractivity contribution in [1.82, 2.24) is 0 Å². The van der Waals surface area contributed by atoms with Crippen LogP contribution < -0.4 is 0 Å². The quantitative estimate of drug-likeness (QED) is 0.315. The highest BCUT2D eigenvalue weighted by Crippen LogP contribution is 2.42. The first-order valence-electron chi connectivity index (χ1n) is 9.01. The van der Waals surface area contributed by atoms with Crippen LogP contribution >= 0.6 is 0 Å². The SMILES string of the molecule is COC(=O)C1=CO[C@@H](O[C@H]2O[C@@H](CO)[C@H](O)[C@@H](O)[C@@H]2O)[C@@H]2[C@H](C)O[C@H](O)C[C@H]12. The second kappa shape index (κ2) is 8.59. The minimum atomic E-state index is -1.60. The number of methoxy groups -OCH3 is 1. The summed E-state index contributed by atoms with van der Waals surface area (Å²) in [5, 5.41) is 49.2. The summed E-state index contributed by atoms with van der Waals surface area (Å²) in [6.45, 7) is 1.08. The van der Waals surface area contributed by atoms with Gasteiger partial charge in [0.25, 0.3) is 0 Å². The molecule has 3 aliphatic heterocycles. The predicted molar refractivity (Wildman–Crippen MR) is 88.0 cm³/mol. The molecular formula is C17H26O11. The lowest BCUT2D eigenvalue weighted by Gasteiger charge is -2.47. The van der Waals surface area contributed by atoms with E-state index in [-0.39, 0.29) is 12.0 Å². The van der Waals surface area contributed by atoms with Gasteiger partial charge in [0.05, 0.1) is 37.6 Å². The molecule has 0 bridgehead atoms. The van der Waals surface area contributed by atoms with Crippen LogP contribution in [0.15, 0.2) is 11.8 Å². The first-order valence-corrected chi connectivity index (χ1v) is 9.01. The summed E-state index contributed by atoms with van der Waals surface area (Å²) in [5.74, 6) is -1.67. The number of esters is 1. The third kappa shape index (κ3) is 3.89. The van der Waals surface area contributed by atoms with E-state index in [2.05, 4.69) is 0 Å². The molecule has 2 fully saturated rings. The molecule has 0 amide bonds. The summed E-state index contributed by atoms with van der Waals surface area (Å²) in [7, 11) is 1.23. The average molecular weight is 406 g/mol. The van der Waals surface area contributed by atoms with E-state index < -0.39 is 73.8 Å². The minimum Gasteiger partial charge on any atom is -0.471 e. The predicted octanol–water partition coefficient (Wildman–Crippen LogP) is -2.42. The van der Waals surface area contributed by atoms with Crippen molar-refractivity contribution in [2.24, 2.45) is 11.8 Å². The van der Waals surface area contributed by atoms with E-state index >= 15 is 0 Å². The van der Waals surface area contributed by atoms with Crippen LogP contribution in [0.5, 0.6) is 0 Å². The fourth-order valence-electron chi connectivity index (χ4n) is 3.91. The molecule has 5 N–H and O–H groups in total. The lowest BCUT2D eigenvalue weighted by Crippen LogP contribution is -2.61. The van der Waals surface area contributed by atoms with E-state index in [1.165, 1.54) is 13.4 Å². The van der Waals surface area contributed by atoms with Gasteiger partial charge in [-0.1, -0.05) is 0 Å². The maximum absolute atomic E-state index is 12.1. The highest BCUT2D eigenvalue weighted by Gasteiger charge is 2.51. The van der Waals surface area contributed by atoms with Crippen LogP contribution in [0.25, 0.3) is 0 Å². The Hall–Kier alpha value is -1.31. The van der Waals surface area contributed by atoms with E-state index in [0.717, 1.165) is 0 Å². The molecule has 0 saturated carbocycles. The van der Waals surface area contributed by atoms with Gasteiger partial charge in [-0.15, -0.1) is 0 Å². The van der Waals surface area contributed by atoms with E-state index in [0.29, 0.717) is 0 Å². The third-order valence-corrected chi connectivity index (χ3v) is 5.41. The number of ether oxygens (including phenoxy) is 5. The second-order valence-electron chi connectivity index (χ2n) is 7.12. The Morgan fingerprint density at radius 2 is 1.86 bits per heavy atom. The minimum absolute atomic E-state index is 0.105. The number of carbonyl (C=O) groups is 1. The number of rotatable bonds is 4. The molecule has 10 atom stereocenters. The van der Waals surface area contributed by atoms with Crippen molar-refractivity contribution in [3.05, 3.63) is 11.8 Å². The fraction of sp³-hybridized carbons (Fsp3) is 0.824.